The number of rotatable bonds is 2. The number of methoxy groups -OCH3 is 1. The van der Waals surface area contributed by atoms with Crippen molar-refractivity contribution in [2.75, 3.05) is 7.11 Å². The molecule has 2 aliphatic rings. The van der Waals surface area contributed by atoms with Crippen molar-refractivity contribution in [3.63, 3.8) is 0 Å². The minimum atomic E-state index is -0.734. The second kappa shape index (κ2) is 5.34. The van der Waals surface area contributed by atoms with Crippen molar-refractivity contribution >= 4 is 5.97 Å². The van der Waals surface area contributed by atoms with Gasteiger partial charge in [0, 0.05) is 22.8 Å². The van der Waals surface area contributed by atoms with E-state index in [-0.39, 0.29) is 17.3 Å². The summed E-state index contributed by atoms with van der Waals surface area (Å²) in [6.07, 6.45) is 1.63. The number of ether oxygens (including phenoxy) is 1. The van der Waals surface area contributed by atoms with E-state index in [0.717, 1.165) is 18.4 Å². The van der Waals surface area contributed by atoms with E-state index < -0.39 is 18.2 Å². The van der Waals surface area contributed by atoms with Crippen molar-refractivity contribution in [2.45, 2.75) is 44.8 Å². The lowest BCUT2D eigenvalue weighted by atomic mass is 9.54. The van der Waals surface area contributed by atoms with Crippen LogP contribution in [0.4, 0.5) is 0 Å². The number of hydrogen-bond donors (Lipinski definition) is 2. The van der Waals surface area contributed by atoms with Gasteiger partial charge in [0.1, 0.15) is 0 Å². The first kappa shape index (κ1) is 15.3. The van der Waals surface area contributed by atoms with Crippen LogP contribution in [0.15, 0.2) is 24.3 Å². The minimum absolute atomic E-state index is 0.189. The standard InChI is InChI=1S/C16H24O4/c1-9-5-6-12(17)16(3)8-7-11(14(18)13(9)16)10(2)15(19)20-4/h11-14,17-18H,1-2,5-8H2,3-4H3/t11-,12+,13-,14-,16+/m0/s1. The van der Waals surface area contributed by atoms with Crippen LogP contribution in [0.5, 0.6) is 0 Å². The summed E-state index contributed by atoms with van der Waals surface area (Å²) in [6, 6.07) is 0. The molecule has 0 aromatic rings. The van der Waals surface area contributed by atoms with E-state index in [9.17, 15) is 15.0 Å². The molecule has 0 spiro atoms. The molecule has 0 heterocycles. The lowest BCUT2D eigenvalue weighted by molar-refractivity contribution is -0.140. The molecule has 0 aromatic carbocycles. The Kier molecular flexibility index (Phi) is 4.07. The quantitative estimate of drug-likeness (QED) is 0.460. The van der Waals surface area contributed by atoms with Gasteiger partial charge in [0.2, 0.25) is 0 Å². The molecule has 2 saturated carbocycles. The molecule has 5 atom stereocenters. The fourth-order valence-electron chi connectivity index (χ4n) is 3.97. The molecule has 20 heavy (non-hydrogen) atoms. The van der Waals surface area contributed by atoms with Gasteiger partial charge in [-0.15, -0.1) is 0 Å². The lowest BCUT2D eigenvalue weighted by Crippen LogP contribution is -2.54. The van der Waals surface area contributed by atoms with Crippen LogP contribution in [0.25, 0.3) is 0 Å². The molecule has 2 N–H and O–H groups in total. The van der Waals surface area contributed by atoms with Crippen LogP contribution in [0.3, 0.4) is 0 Å². The summed E-state index contributed by atoms with van der Waals surface area (Å²) in [4.78, 5) is 11.6. The van der Waals surface area contributed by atoms with Gasteiger partial charge in [-0.1, -0.05) is 25.7 Å². The predicted octanol–water partition coefficient (Wildman–Crippen LogP) is 1.82. The van der Waals surface area contributed by atoms with Gasteiger partial charge in [-0.25, -0.2) is 4.79 Å². The zero-order valence-corrected chi connectivity index (χ0v) is 12.3. The van der Waals surface area contributed by atoms with E-state index in [1.165, 1.54) is 7.11 Å². The van der Waals surface area contributed by atoms with Crippen molar-refractivity contribution in [3.8, 4) is 0 Å². The van der Waals surface area contributed by atoms with Crippen molar-refractivity contribution in [3.05, 3.63) is 24.3 Å². The Hall–Kier alpha value is -1.13. The van der Waals surface area contributed by atoms with Crippen LogP contribution in [-0.2, 0) is 9.53 Å². The van der Waals surface area contributed by atoms with E-state index in [1.807, 2.05) is 6.92 Å². The fraction of sp³-hybridized carbons (Fsp3) is 0.688. The number of esters is 1. The summed E-state index contributed by atoms with van der Waals surface area (Å²) < 4.78 is 4.70. The van der Waals surface area contributed by atoms with Crippen molar-refractivity contribution in [1.82, 2.24) is 0 Å². The zero-order valence-electron chi connectivity index (χ0n) is 12.3. The molecule has 4 heteroatoms. The molecule has 0 saturated heterocycles. The molecule has 2 aliphatic carbocycles. The van der Waals surface area contributed by atoms with Crippen LogP contribution < -0.4 is 0 Å². The number of carbonyl (C=O) groups is 1. The van der Waals surface area contributed by atoms with E-state index in [4.69, 9.17) is 4.74 Å². The second-order valence-corrected chi connectivity index (χ2v) is 6.35. The summed E-state index contributed by atoms with van der Waals surface area (Å²) >= 11 is 0. The van der Waals surface area contributed by atoms with Gasteiger partial charge in [0.15, 0.2) is 0 Å². The third-order valence-corrected chi connectivity index (χ3v) is 5.29. The summed E-state index contributed by atoms with van der Waals surface area (Å²) in [5, 5.41) is 21.0. The molecule has 0 aromatic heterocycles. The average Bonchev–Trinajstić information content (AvgIpc) is 2.42. The molecular weight excluding hydrogens is 256 g/mol. The highest BCUT2D eigenvalue weighted by Crippen LogP contribution is 2.54. The predicted molar refractivity (Wildman–Crippen MR) is 75.9 cm³/mol. The summed E-state index contributed by atoms with van der Waals surface area (Å²) in [7, 11) is 1.32. The van der Waals surface area contributed by atoms with Crippen molar-refractivity contribution < 1.29 is 19.7 Å². The van der Waals surface area contributed by atoms with E-state index in [0.29, 0.717) is 18.4 Å². The number of aliphatic hydroxyl groups excluding tert-OH is 2. The van der Waals surface area contributed by atoms with Gasteiger partial charge in [0.05, 0.1) is 19.3 Å². The van der Waals surface area contributed by atoms with Gasteiger partial charge in [-0.2, -0.15) is 0 Å². The molecule has 2 rings (SSSR count). The Balaban J connectivity index is 2.27. The molecule has 0 bridgehead atoms. The normalized spacial score (nSPS) is 40.9. The molecular formula is C16H24O4. The van der Waals surface area contributed by atoms with Gasteiger partial charge in [0.25, 0.3) is 0 Å². The monoisotopic (exact) mass is 280 g/mol. The first-order valence-electron chi connectivity index (χ1n) is 7.13. The Morgan fingerprint density at radius 3 is 2.65 bits per heavy atom. The maximum absolute atomic E-state index is 11.6. The molecule has 0 unspecified atom stereocenters. The summed E-state index contributed by atoms with van der Waals surface area (Å²) in [5.74, 6) is -0.978. The third kappa shape index (κ3) is 2.21. The Morgan fingerprint density at radius 2 is 2.05 bits per heavy atom. The molecule has 112 valence electrons. The molecule has 0 aliphatic heterocycles. The summed E-state index contributed by atoms with van der Waals surface area (Å²) in [6.45, 7) is 9.85. The van der Waals surface area contributed by atoms with Gasteiger partial charge in [-0.05, 0) is 25.7 Å². The maximum atomic E-state index is 11.6. The fourth-order valence-corrected chi connectivity index (χ4v) is 3.97. The zero-order chi connectivity index (χ0) is 15.1. The van der Waals surface area contributed by atoms with Crippen LogP contribution in [0, 0.1) is 17.3 Å². The number of hydrogen-bond acceptors (Lipinski definition) is 4. The van der Waals surface area contributed by atoms with Crippen LogP contribution in [0.2, 0.25) is 0 Å². The highest BCUT2D eigenvalue weighted by atomic mass is 16.5. The highest BCUT2D eigenvalue weighted by Gasteiger charge is 2.53. The first-order chi connectivity index (χ1) is 9.32. The van der Waals surface area contributed by atoms with Gasteiger partial charge >= 0.3 is 5.97 Å². The minimum Gasteiger partial charge on any atom is -0.466 e. The smallest absolute Gasteiger partial charge is 0.333 e. The van der Waals surface area contributed by atoms with Crippen molar-refractivity contribution in [2.24, 2.45) is 17.3 Å². The Morgan fingerprint density at radius 1 is 1.40 bits per heavy atom. The SMILES string of the molecule is C=C(C(=O)OC)[C@@H]1CC[C@]2(C)[C@H](O)CCC(=C)[C@H]2[C@H]1O. The first-order valence-corrected chi connectivity index (χ1v) is 7.13. The maximum Gasteiger partial charge on any atom is 0.333 e. The Bertz CT molecular complexity index is 442. The Labute approximate surface area is 120 Å². The van der Waals surface area contributed by atoms with E-state index in [1.54, 1.807) is 0 Å². The topological polar surface area (TPSA) is 66.8 Å². The number of aliphatic hydroxyl groups is 2. The van der Waals surface area contributed by atoms with E-state index >= 15 is 0 Å². The van der Waals surface area contributed by atoms with Crippen LogP contribution in [-0.4, -0.2) is 35.5 Å². The number of carbonyl (C=O) groups excluding carboxylic acids is 1. The van der Waals surface area contributed by atoms with E-state index in [2.05, 4.69) is 13.2 Å². The van der Waals surface area contributed by atoms with Crippen LogP contribution >= 0.6 is 0 Å². The lowest BCUT2D eigenvalue weighted by Gasteiger charge is -2.53. The molecule has 2 fully saturated rings. The average molecular weight is 280 g/mol. The highest BCUT2D eigenvalue weighted by molar-refractivity contribution is 5.88. The van der Waals surface area contributed by atoms with Crippen LogP contribution in [0.1, 0.15) is 32.6 Å². The van der Waals surface area contributed by atoms with Gasteiger partial charge in [-0.3, -0.25) is 0 Å². The third-order valence-electron chi connectivity index (χ3n) is 5.29. The largest absolute Gasteiger partial charge is 0.466 e. The van der Waals surface area contributed by atoms with Crippen molar-refractivity contribution in [1.29, 1.82) is 0 Å². The second-order valence-electron chi connectivity index (χ2n) is 6.35. The summed E-state index contributed by atoms with van der Waals surface area (Å²) in [5.41, 5.74) is 0.921. The molecule has 0 amide bonds. The molecule has 4 nitrogen and oxygen atoms in total. The van der Waals surface area contributed by atoms with Gasteiger partial charge < -0.3 is 14.9 Å². The molecule has 0 radical (unpaired) electrons. The number of fused-ring (bicyclic) bond motifs is 1.